The van der Waals surface area contributed by atoms with Crippen molar-refractivity contribution in [2.45, 2.75) is 128 Å². The first-order valence-electron chi connectivity index (χ1n) is 26.3. The summed E-state index contributed by atoms with van der Waals surface area (Å²) in [6.07, 6.45) is 22.2. The molecule has 72 heavy (non-hydrogen) atoms. The third-order valence-electron chi connectivity index (χ3n) is 16.2. The topological polar surface area (TPSA) is 172 Å². The van der Waals surface area contributed by atoms with E-state index in [1.54, 1.807) is 21.7 Å². The second-order valence-corrected chi connectivity index (χ2v) is 21.2. The summed E-state index contributed by atoms with van der Waals surface area (Å²) in [4.78, 5) is 27.3. The van der Waals surface area contributed by atoms with Crippen LogP contribution in [0.4, 0.5) is 0 Å². The minimum atomic E-state index is -0.908. The van der Waals surface area contributed by atoms with Crippen molar-refractivity contribution in [3.05, 3.63) is 130 Å². The number of aromatic nitrogens is 10. The molecule has 6 aliphatic rings. The normalized spacial score (nSPS) is 17.9. The van der Waals surface area contributed by atoms with E-state index in [9.17, 15) is 19.8 Å². The molecule has 14 nitrogen and oxygen atoms in total. The van der Waals surface area contributed by atoms with Crippen LogP contribution in [0.2, 0.25) is 0 Å². The molecule has 0 bridgehead atoms. The maximum absolute atomic E-state index is 11.9. The highest BCUT2D eigenvalue weighted by molar-refractivity contribution is 6.03. The summed E-state index contributed by atoms with van der Waals surface area (Å²) in [5.41, 5.74) is 14.4. The van der Waals surface area contributed by atoms with Crippen molar-refractivity contribution in [2.24, 2.45) is 11.8 Å². The molecule has 4 fully saturated rings. The Kier molecular flexibility index (Phi) is 11.3. The fraction of sp³-hybridized carbons (Fsp3) is 0.379. The number of fused-ring (bicyclic) bond motifs is 10. The van der Waals surface area contributed by atoms with Crippen LogP contribution in [0.5, 0.6) is 0 Å². The molecule has 4 aromatic heterocycles. The van der Waals surface area contributed by atoms with Gasteiger partial charge in [0.1, 0.15) is 0 Å². The molecule has 0 unspecified atom stereocenters. The van der Waals surface area contributed by atoms with Crippen molar-refractivity contribution in [2.75, 3.05) is 0 Å². The number of rotatable bonds is 10. The number of carboxylic acids is 2. The predicted molar refractivity (Wildman–Crippen MR) is 277 cm³/mol. The molecule has 0 saturated heterocycles. The molecular formula is C58H58N10O4. The van der Waals surface area contributed by atoms with Crippen LogP contribution in [0, 0.1) is 11.8 Å². The minimum Gasteiger partial charge on any atom is -0.478 e. The first-order valence-corrected chi connectivity index (χ1v) is 26.3. The molecule has 0 spiro atoms. The predicted octanol–water partition coefficient (Wildman–Crippen LogP) is 12.0. The van der Waals surface area contributed by atoms with Gasteiger partial charge in [-0.1, -0.05) is 99.2 Å². The van der Waals surface area contributed by atoms with Crippen molar-refractivity contribution < 1.29 is 19.8 Å². The highest BCUT2D eigenvalue weighted by Crippen LogP contribution is 2.49. The van der Waals surface area contributed by atoms with Crippen molar-refractivity contribution in [1.29, 1.82) is 0 Å². The van der Waals surface area contributed by atoms with E-state index < -0.39 is 11.9 Å². The number of benzene rings is 4. The maximum atomic E-state index is 11.9. The maximum Gasteiger partial charge on any atom is 0.335 e. The summed E-state index contributed by atoms with van der Waals surface area (Å²) in [6.45, 7) is 2.22. The number of hydrogen-bond acceptors (Lipinski definition) is 8. The van der Waals surface area contributed by atoms with Gasteiger partial charge in [0.25, 0.3) is 0 Å². The van der Waals surface area contributed by atoms with E-state index >= 15 is 0 Å². The number of carbonyl (C=O) groups is 2. The Balaban J connectivity index is 0.000000140. The molecule has 2 aliphatic heterocycles. The Bertz CT molecular complexity index is 3500. The minimum absolute atomic E-state index is 0.305. The van der Waals surface area contributed by atoms with Gasteiger partial charge in [0.2, 0.25) is 11.6 Å². The summed E-state index contributed by atoms with van der Waals surface area (Å²) in [5, 5.41) is 48.9. The summed E-state index contributed by atoms with van der Waals surface area (Å²) in [5.74, 6) is 1.76. The Morgan fingerprint density at radius 3 is 1.72 bits per heavy atom. The first-order chi connectivity index (χ1) is 35.3. The lowest BCUT2D eigenvalue weighted by molar-refractivity contribution is 0.0686. The highest BCUT2D eigenvalue weighted by Gasteiger charge is 2.33. The van der Waals surface area contributed by atoms with Gasteiger partial charge in [-0.3, -0.25) is 0 Å². The van der Waals surface area contributed by atoms with Crippen LogP contribution in [0.15, 0.2) is 84.9 Å². The van der Waals surface area contributed by atoms with Crippen molar-refractivity contribution in [3.63, 3.8) is 0 Å². The van der Waals surface area contributed by atoms with Crippen LogP contribution < -0.4 is 0 Å². The standard InChI is InChI=1S/2C29H29N5O2/c2*35-29(36)21-12-13-24-25(15-21)33-17-22(28-30-32-34(31-28)16-18-10-11-18)14-20-8-4-5-9-23(20)27(33)26(24)19-6-2-1-3-7-19/h4-5,8-9,12-13,15,17-19H,1-3,6-7,10-11,14,16H2,(H,35,36);4-5,8-9,12-15,18-19H,1-3,6-7,10-11,16-17H2,(H,35,36). The van der Waals surface area contributed by atoms with Gasteiger partial charge in [0.05, 0.1) is 47.7 Å². The molecule has 14 rings (SSSR count). The molecule has 0 radical (unpaired) electrons. The molecule has 0 amide bonds. The molecule has 4 aliphatic carbocycles. The summed E-state index contributed by atoms with van der Waals surface area (Å²) in [7, 11) is 0. The second kappa shape index (κ2) is 18.3. The second-order valence-electron chi connectivity index (χ2n) is 21.2. The number of allylic oxidation sites excluding steroid dienone is 2. The van der Waals surface area contributed by atoms with E-state index in [1.807, 2.05) is 24.3 Å². The number of nitrogens with zero attached hydrogens (tertiary/aromatic N) is 10. The van der Waals surface area contributed by atoms with Crippen LogP contribution in [0.25, 0.3) is 67.7 Å². The Morgan fingerprint density at radius 1 is 0.569 bits per heavy atom. The highest BCUT2D eigenvalue weighted by atomic mass is 16.4. The van der Waals surface area contributed by atoms with Gasteiger partial charge < -0.3 is 19.3 Å². The van der Waals surface area contributed by atoms with Crippen molar-refractivity contribution in [3.8, 4) is 22.5 Å². The summed E-state index contributed by atoms with van der Waals surface area (Å²) in [6, 6.07) is 28.3. The Morgan fingerprint density at radius 2 is 1.11 bits per heavy atom. The van der Waals surface area contributed by atoms with E-state index in [-0.39, 0.29) is 0 Å². The van der Waals surface area contributed by atoms with E-state index in [4.69, 9.17) is 10.2 Å². The largest absolute Gasteiger partial charge is 0.478 e. The van der Waals surface area contributed by atoms with Crippen LogP contribution in [-0.2, 0) is 26.1 Å². The van der Waals surface area contributed by atoms with Crippen molar-refractivity contribution >= 4 is 57.2 Å². The fourth-order valence-electron chi connectivity index (χ4n) is 12.2. The van der Waals surface area contributed by atoms with Gasteiger partial charge in [-0.25, -0.2) is 9.59 Å². The zero-order valence-corrected chi connectivity index (χ0v) is 40.5. The molecular weight excluding hydrogens is 901 g/mol. The van der Waals surface area contributed by atoms with Crippen LogP contribution in [0.3, 0.4) is 0 Å². The van der Waals surface area contributed by atoms with E-state index in [1.165, 1.54) is 134 Å². The van der Waals surface area contributed by atoms with Gasteiger partial charge in [-0.15, -0.1) is 20.4 Å². The van der Waals surface area contributed by atoms with E-state index in [0.717, 1.165) is 46.2 Å². The molecule has 8 aromatic rings. The number of carboxylic acid groups (broad SMARTS) is 2. The molecule has 4 saturated carbocycles. The lowest BCUT2D eigenvalue weighted by Crippen LogP contribution is -2.08. The van der Waals surface area contributed by atoms with Gasteiger partial charge in [-0.05, 0) is 138 Å². The monoisotopic (exact) mass is 958 g/mol. The summed E-state index contributed by atoms with van der Waals surface area (Å²) < 4.78 is 4.53. The van der Waals surface area contributed by atoms with Gasteiger partial charge in [0, 0.05) is 51.2 Å². The SMILES string of the molecule is O=C(O)c1ccc2c(C3CCCCC3)c3n(c2c1)C=C(c1nnn(CC2CC2)n1)Cc1ccccc1-3.O=C(O)c1ccc2c(C3CCCCC3)c3n(c2c1)CC(c1nnn(CC2CC2)n1)=Cc1ccccc1-3. The molecule has 6 heterocycles. The zero-order chi connectivity index (χ0) is 48.5. The molecule has 2 N–H and O–H groups in total. The average molecular weight is 959 g/mol. The van der Waals surface area contributed by atoms with Gasteiger partial charge >= 0.3 is 11.9 Å². The third-order valence-corrected chi connectivity index (χ3v) is 16.2. The average Bonchev–Trinajstić information content (AvgIpc) is 4.27. The smallest absolute Gasteiger partial charge is 0.335 e. The lowest BCUT2D eigenvalue weighted by Gasteiger charge is -2.24. The fourth-order valence-corrected chi connectivity index (χ4v) is 12.2. The van der Waals surface area contributed by atoms with Crippen molar-refractivity contribution in [1.82, 2.24) is 49.5 Å². The summed E-state index contributed by atoms with van der Waals surface area (Å²) >= 11 is 0. The zero-order valence-electron chi connectivity index (χ0n) is 40.5. The van der Waals surface area contributed by atoms with Crippen LogP contribution >= 0.6 is 0 Å². The quantitative estimate of drug-likeness (QED) is 0.134. The molecule has 0 atom stereocenters. The first kappa shape index (κ1) is 44.5. The van der Waals surface area contributed by atoms with E-state index in [0.29, 0.717) is 59.4 Å². The van der Waals surface area contributed by atoms with Crippen LogP contribution in [0.1, 0.15) is 156 Å². The van der Waals surface area contributed by atoms with E-state index in [2.05, 4.69) is 90.6 Å². The Hall–Kier alpha value is -7.48. The number of tetrazole rings is 2. The molecule has 364 valence electrons. The molecule has 4 aromatic carbocycles. The molecule has 14 heteroatoms. The van der Waals surface area contributed by atoms with Crippen LogP contribution in [-0.4, -0.2) is 71.7 Å². The number of aromatic carboxylic acids is 2. The van der Waals surface area contributed by atoms with Gasteiger partial charge in [-0.2, -0.15) is 9.59 Å². The third kappa shape index (κ3) is 8.33. The van der Waals surface area contributed by atoms with Gasteiger partial charge in [0.15, 0.2) is 0 Å². The lowest BCUT2D eigenvalue weighted by atomic mass is 9.81. The number of hydrogen-bond donors (Lipinski definition) is 2. The Labute approximate surface area is 417 Å².